The van der Waals surface area contributed by atoms with Gasteiger partial charge in [-0.3, -0.25) is 0 Å². The number of unbranched alkanes of at least 4 members (excludes halogenated alkanes) is 2. The number of rotatable bonds is 8. The molecular weight excluding hydrogens is 230 g/mol. The molecule has 0 radical (unpaired) electrons. The van der Waals surface area contributed by atoms with Gasteiger partial charge in [0.15, 0.2) is 0 Å². The number of anilines is 1. The first-order chi connectivity index (χ1) is 9.10. The van der Waals surface area contributed by atoms with Crippen molar-refractivity contribution in [2.45, 2.75) is 58.8 Å². The van der Waals surface area contributed by atoms with E-state index in [-0.39, 0.29) is 0 Å². The van der Waals surface area contributed by atoms with Gasteiger partial charge in [-0.05, 0) is 36.0 Å². The minimum absolute atomic E-state index is 0.679. The summed E-state index contributed by atoms with van der Waals surface area (Å²) in [6.45, 7) is 7.01. The van der Waals surface area contributed by atoms with E-state index in [4.69, 9.17) is 0 Å². The van der Waals surface area contributed by atoms with Crippen LogP contribution in [0.5, 0.6) is 0 Å². The zero-order valence-electron chi connectivity index (χ0n) is 13.4. The Balaban J connectivity index is 2.65. The molecule has 0 saturated carbocycles. The highest BCUT2D eigenvalue weighted by Gasteiger charge is 2.16. The zero-order valence-corrected chi connectivity index (χ0v) is 13.4. The van der Waals surface area contributed by atoms with Gasteiger partial charge >= 0.3 is 0 Å². The Bertz CT molecular complexity index is 339. The van der Waals surface area contributed by atoms with Gasteiger partial charge in [0, 0.05) is 19.8 Å². The lowest BCUT2D eigenvalue weighted by molar-refractivity contribution is 0.386. The van der Waals surface area contributed by atoms with Crippen LogP contribution >= 0.6 is 0 Å². The Labute approximate surface area is 120 Å². The van der Waals surface area contributed by atoms with Gasteiger partial charge in [0.1, 0.15) is 0 Å². The number of hydrogen-bond donors (Lipinski definition) is 0. The molecule has 0 aliphatic carbocycles. The van der Waals surface area contributed by atoms with Crippen LogP contribution in [0.3, 0.4) is 0 Å². The molecule has 2 atom stereocenters. The maximum atomic E-state index is 2.39. The average molecular weight is 261 g/mol. The fourth-order valence-corrected chi connectivity index (χ4v) is 2.81. The van der Waals surface area contributed by atoms with E-state index in [0.29, 0.717) is 5.92 Å². The van der Waals surface area contributed by atoms with Crippen molar-refractivity contribution in [3.63, 3.8) is 0 Å². The standard InChI is InChI=1S/C18H31N/c1-6-8-9-10-16(7-2)15(3)17-11-13-18(14-12-17)19(4)5/h11-16H,6-10H2,1-5H3. The molecule has 1 rings (SSSR count). The lowest BCUT2D eigenvalue weighted by Gasteiger charge is -2.24. The fourth-order valence-electron chi connectivity index (χ4n) is 2.81. The smallest absolute Gasteiger partial charge is 0.0361 e. The molecule has 1 aromatic rings. The van der Waals surface area contributed by atoms with Crippen LogP contribution in [0.25, 0.3) is 0 Å². The molecule has 0 amide bonds. The van der Waals surface area contributed by atoms with Gasteiger partial charge < -0.3 is 4.90 Å². The molecule has 0 N–H and O–H groups in total. The van der Waals surface area contributed by atoms with Crippen LogP contribution < -0.4 is 4.90 Å². The summed E-state index contributed by atoms with van der Waals surface area (Å²) < 4.78 is 0. The Morgan fingerprint density at radius 1 is 1.00 bits per heavy atom. The third-order valence-corrected chi connectivity index (χ3v) is 4.35. The minimum atomic E-state index is 0.679. The van der Waals surface area contributed by atoms with Crippen molar-refractivity contribution < 1.29 is 0 Å². The van der Waals surface area contributed by atoms with Gasteiger partial charge in [-0.2, -0.15) is 0 Å². The largest absolute Gasteiger partial charge is 0.378 e. The summed E-state index contributed by atoms with van der Waals surface area (Å²) >= 11 is 0. The van der Waals surface area contributed by atoms with E-state index in [1.807, 2.05) is 0 Å². The molecule has 19 heavy (non-hydrogen) atoms. The summed E-state index contributed by atoms with van der Waals surface area (Å²) in [5.41, 5.74) is 2.78. The van der Waals surface area contributed by atoms with Crippen molar-refractivity contribution >= 4 is 5.69 Å². The van der Waals surface area contributed by atoms with Crippen LogP contribution in [0.2, 0.25) is 0 Å². The van der Waals surface area contributed by atoms with Gasteiger partial charge in [0.25, 0.3) is 0 Å². The topological polar surface area (TPSA) is 3.24 Å². The second-order valence-corrected chi connectivity index (χ2v) is 5.94. The molecule has 0 heterocycles. The lowest BCUT2D eigenvalue weighted by atomic mass is 9.82. The van der Waals surface area contributed by atoms with Gasteiger partial charge in [-0.1, -0.05) is 58.6 Å². The third-order valence-electron chi connectivity index (χ3n) is 4.35. The summed E-state index contributed by atoms with van der Waals surface area (Å²) in [6.07, 6.45) is 6.75. The normalized spacial score (nSPS) is 14.2. The first-order valence-electron chi connectivity index (χ1n) is 7.87. The summed E-state index contributed by atoms with van der Waals surface area (Å²) in [5, 5.41) is 0. The molecule has 0 aromatic heterocycles. The predicted octanol–water partition coefficient (Wildman–Crippen LogP) is 5.46. The Morgan fingerprint density at radius 3 is 2.11 bits per heavy atom. The van der Waals surface area contributed by atoms with Crippen molar-refractivity contribution in [2.75, 3.05) is 19.0 Å². The van der Waals surface area contributed by atoms with Gasteiger partial charge in [-0.25, -0.2) is 0 Å². The zero-order chi connectivity index (χ0) is 14.3. The maximum Gasteiger partial charge on any atom is 0.0361 e. The number of hydrogen-bond acceptors (Lipinski definition) is 1. The van der Waals surface area contributed by atoms with Crippen molar-refractivity contribution in [3.05, 3.63) is 29.8 Å². The van der Waals surface area contributed by atoms with Gasteiger partial charge in [0.05, 0.1) is 0 Å². The third kappa shape index (κ3) is 4.89. The molecule has 0 saturated heterocycles. The summed E-state index contributed by atoms with van der Waals surface area (Å²) in [7, 11) is 4.19. The Morgan fingerprint density at radius 2 is 1.63 bits per heavy atom. The van der Waals surface area contributed by atoms with Crippen LogP contribution in [0.4, 0.5) is 5.69 Å². The molecule has 0 spiro atoms. The minimum Gasteiger partial charge on any atom is -0.378 e. The molecule has 1 aromatic carbocycles. The molecule has 0 aliphatic rings. The van der Waals surface area contributed by atoms with Crippen LogP contribution in [-0.2, 0) is 0 Å². The van der Waals surface area contributed by atoms with E-state index in [1.165, 1.54) is 43.4 Å². The van der Waals surface area contributed by atoms with E-state index in [9.17, 15) is 0 Å². The molecular formula is C18H31N. The number of nitrogens with zero attached hydrogens (tertiary/aromatic N) is 1. The van der Waals surface area contributed by atoms with Gasteiger partial charge in [-0.15, -0.1) is 0 Å². The SMILES string of the molecule is CCCCCC(CC)C(C)c1ccc(N(C)C)cc1. The second-order valence-electron chi connectivity index (χ2n) is 5.94. The van der Waals surface area contributed by atoms with Crippen LogP contribution in [0.15, 0.2) is 24.3 Å². The summed E-state index contributed by atoms with van der Waals surface area (Å²) in [5.74, 6) is 1.51. The average Bonchev–Trinajstić information content (AvgIpc) is 2.43. The van der Waals surface area contributed by atoms with Gasteiger partial charge in [0.2, 0.25) is 0 Å². The monoisotopic (exact) mass is 261 g/mol. The van der Waals surface area contributed by atoms with E-state index in [2.05, 4.69) is 64.0 Å². The van der Waals surface area contributed by atoms with Crippen LogP contribution in [-0.4, -0.2) is 14.1 Å². The Hall–Kier alpha value is -0.980. The maximum absolute atomic E-state index is 2.39. The predicted molar refractivity (Wildman–Crippen MR) is 87.1 cm³/mol. The van der Waals surface area contributed by atoms with E-state index in [1.54, 1.807) is 0 Å². The molecule has 0 bridgehead atoms. The Kier molecular flexibility index (Phi) is 6.97. The van der Waals surface area contributed by atoms with Crippen LogP contribution in [0.1, 0.15) is 64.4 Å². The second kappa shape index (κ2) is 8.24. The fraction of sp³-hybridized carbons (Fsp3) is 0.667. The van der Waals surface area contributed by atoms with Crippen molar-refractivity contribution in [1.29, 1.82) is 0 Å². The highest BCUT2D eigenvalue weighted by molar-refractivity contribution is 5.46. The first-order valence-corrected chi connectivity index (χ1v) is 7.87. The first kappa shape index (κ1) is 16.1. The van der Waals surface area contributed by atoms with Crippen molar-refractivity contribution in [2.24, 2.45) is 5.92 Å². The highest BCUT2D eigenvalue weighted by atomic mass is 15.1. The quantitative estimate of drug-likeness (QED) is 0.561. The van der Waals surface area contributed by atoms with E-state index < -0.39 is 0 Å². The highest BCUT2D eigenvalue weighted by Crippen LogP contribution is 2.31. The molecule has 1 nitrogen and oxygen atoms in total. The molecule has 108 valence electrons. The molecule has 1 heteroatoms. The van der Waals surface area contributed by atoms with Crippen molar-refractivity contribution in [1.82, 2.24) is 0 Å². The molecule has 0 fully saturated rings. The summed E-state index contributed by atoms with van der Waals surface area (Å²) in [6, 6.07) is 9.10. The van der Waals surface area contributed by atoms with Crippen molar-refractivity contribution in [3.8, 4) is 0 Å². The van der Waals surface area contributed by atoms with Crippen LogP contribution in [0, 0.1) is 5.92 Å². The summed E-state index contributed by atoms with van der Waals surface area (Å²) in [4.78, 5) is 2.16. The molecule has 0 aliphatic heterocycles. The van der Waals surface area contributed by atoms with E-state index >= 15 is 0 Å². The van der Waals surface area contributed by atoms with E-state index in [0.717, 1.165) is 5.92 Å². The lowest BCUT2D eigenvalue weighted by Crippen LogP contribution is -2.11. The molecule has 2 unspecified atom stereocenters. The number of benzene rings is 1.